The molecule has 0 atom stereocenters. The number of nitrogens with zero attached hydrogens (tertiary/aromatic N) is 1. The molecule has 0 fully saturated rings. The van der Waals surface area contributed by atoms with E-state index < -0.39 is 16.7 Å². The van der Waals surface area contributed by atoms with Crippen LogP contribution in [0.15, 0.2) is 18.2 Å². The minimum atomic E-state index is -4.49. The minimum Gasteiger partial charge on any atom is -0.399 e. The van der Waals surface area contributed by atoms with E-state index in [4.69, 9.17) is 5.73 Å². The second-order valence-corrected chi connectivity index (χ2v) is 3.57. The molecule has 0 heterocycles. The Labute approximate surface area is 95.4 Å². The van der Waals surface area contributed by atoms with E-state index >= 15 is 0 Å². The van der Waals surface area contributed by atoms with Gasteiger partial charge >= 0.3 is 6.18 Å². The molecule has 0 bridgehead atoms. The van der Waals surface area contributed by atoms with Crippen LogP contribution in [0.3, 0.4) is 0 Å². The molecule has 4 nitrogen and oxygen atoms in total. The summed E-state index contributed by atoms with van der Waals surface area (Å²) in [6.45, 7) is -0.346. The topological polar surface area (TPSA) is 69.2 Å². The lowest BCUT2D eigenvalue weighted by atomic mass is 10.0. The van der Waals surface area contributed by atoms with Gasteiger partial charge in [0.1, 0.15) is 0 Å². The van der Waals surface area contributed by atoms with E-state index in [9.17, 15) is 23.3 Å². The fourth-order valence-electron chi connectivity index (χ4n) is 1.47. The molecule has 1 aromatic carbocycles. The summed E-state index contributed by atoms with van der Waals surface area (Å²) in [5.41, 5.74) is 4.53. The summed E-state index contributed by atoms with van der Waals surface area (Å²) in [6, 6.07) is 3.47. The van der Waals surface area contributed by atoms with E-state index in [0.717, 1.165) is 6.07 Å². The van der Waals surface area contributed by atoms with Crippen LogP contribution in [0.2, 0.25) is 0 Å². The van der Waals surface area contributed by atoms with Gasteiger partial charge in [-0.2, -0.15) is 13.2 Å². The molecular weight excluding hydrogens is 237 g/mol. The van der Waals surface area contributed by atoms with Crippen molar-refractivity contribution in [2.45, 2.75) is 19.0 Å². The molecule has 0 amide bonds. The number of aryl methyl sites for hydroxylation is 1. The van der Waals surface area contributed by atoms with Crippen LogP contribution in [0.25, 0.3) is 0 Å². The van der Waals surface area contributed by atoms with Gasteiger partial charge in [-0.1, -0.05) is 6.07 Å². The molecule has 0 unspecified atom stereocenters. The second-order valence-electron chi connectivity index (χ2n) is 3.57. The molecule has 2 N–H and O–H groups in total. The average molecular weight is 248 g/mol. The highest BCUT2D eigenvalue weighted by atomic mass is 19.4. The third kappa shape index (κ3) is 3.93. The van der Waals surface area contributed by atoms with Gasteiger partial charge in [0.15, 0.2) is 0 Å². The van der Waals surface area contributed by atoms with E-state index in [0.29, 0.717) is 0 Å². The number of rotatable bonds is 4. The maximum Gasteiger partial charge on any atom is 0.416 e. The molecule has 0 saturated heterocycles. The Hall–Kier alpha value is -1.79. The fraction of sp³-hybridized carbons (Fsp3) is 0.400. The predicted molar refractivity (Wildman–Crippen MR) is 56.0 cm³/mol. The van der Waals surface area contributed by atoms with Crippen molar-refractivity contribution < 1.29 is 18.1 Å². The lowest BCUT2D eigenvalue weighted by molar-refractivity contribution is -0.480. The quantitative estimate of drug-likeness (QED) is 0.505. The summed E-state index contributed by atoms with van der Waals surface area (Å²) < 4.78 is 37.9. The first-order chi connectivity index (χ1) is 7.80. The normalized spacial score (nSPS) is 11.5. The molecule has 17 heavy (non-hydrogen) atoms. The molecule has 0 saturated carbocycles. The van der Waals surface area contributed by atoms with Crippen LogP contribution in [0, 0.1) is 10.1 Å². The van der Waals surface area contributed by atoms with E-state index in [2.05, 4.69) is 0 Å². The zero-order valence-electron chi connectivity index (χ0n) is 8.83. The summed E-state index contributed by atoms with van der Waals surface area (Å²) in [7, 11) is 0. The molecule has 0 radical (unpaired) electrons. The van der Waals surface area contributed by atoms with Crippen LogP contribution in [-0.4, -0.2) is 11.5 Å². The molecule has 7 heteroatoms. The maximum absolute atomic E-state index is 12.6. The molecule has 0 aromatic heterocycles. The summed E-state index contributed by atoms with van der Waals surface area (Å²) in [5, 5.41) is 10.1. The zero-order chi connectivity index (χ0) is 13.1. The van der Waals surface area contributed by atoms with Crippen molar-refractivity contribution in [3.63, 3.8) is 0 Å². The molecule has 0 aliphatic carbocycles. The van der Waals surface area contributed by atoms with Gasteiger partial charge in [0.25, 0.3) is 0 Å². The Morgan fingerprint density at radius 3 is 2.53 bits per heavy atom. The van der Waals surface area contributed by atoms with Gasteiger partial charge in [-0.25, -0.2) is 0 Å². The van der Waals surface area contributed by atoms with Gasteiger partial charge < -0.3 is 5.73 Å². The average Bonchev–Trinajstić information content (AvgIpc) is 2.18. The van der Waals surface area contributed by atoms with Gasteiger partial charge in [0.2, 0.25) is 6.54 Å². The van der Waals surface area contributed by atoms with E-state index in [1.807, 2.05) is 0 Å². The van der Waals surface area contributed by atoms with Gasteiger partial charge in [-0.15, -0.1) is 0 Å². The molecule has 0 aliphatic rings. The van der Waals surface area contributed by atoms with Crippen molar-refractivity contribution in [1.29, 1.82) is 0 Å². The minimum absolute atomic E-state index is 0.0100. The largest absolute Gasteiger partial charge is 0.416 e. The first-order valence-corrected chi connectivity index (χ1v) is 4.88. The van der Waals surface area contributed by atoms with Crippen LogP contribution >= 0.6 is 0 Å². The SMILES string of the molecule is Nc1ccc(CCC[N+](=O)[O-])c(C(F)(F)F)c1. The van der Waals surface area contributed by atoms with E-state index in [1.165, 1.54) is 12.1 Å². The number of hydrogen-bond donors (Lipinski definition) is 1. The van der Waals surface area contributed by atoms with Gasteiger partial charge in [-0.3, -0.25) is 10.1 Å². The number of nitrogens with two attached hydrogens (primary N) is 1. The third-order valence-electron chi connectivity index (χ3n) is 2.23. The summed E-state index contributed by atoms with van der Waals surface area (Å²) in [5.74, 6) is 0. The van der Waals surface area contributed by atoms with Crippen molar-refractivity contribution in [3.05, 3.63) is 39.4 Å². The van der Waals surface area contributed by atoms with Crippen LogP contribution in [0.4, 0.5) is 18.9 Å². The monoisotopic (exact) mass is 248 g/mol. The van der Waals surface area contributed by atoms with Crippen molar-refractivity contribution >= 4 is 5.69 Å². The van der Waals surface area contributed by atoms with E-state index in [-0.39, 0.29) is 30.6 Å². The molecule has 1 rings (SSSR count). The summed E-state index contributed by atoms with van der Waals surface area (Å²) in [6.07, 6.45) is -4.41. The van der Waals surface area contributed by atoms with Crippen LogP contribution < -0.4 is 5.73 Å². The number of nitrogen functional groups attached to an aromatic ring is 1. The number of alkyl halides is 3. The maximum atomic E-state index is 12.6. The Kier molecular flexibility index (Phi) is 3.93. The van der Waals surface area contributed by atoms with Crippen molar-refractivity contribution in [1.82, 2.24) is 0 Å². The Balaban J connectivity index is 2.87. The fourth-order valence-corrected chi connectivity index (χ4v) is 1.47. The summed E-state index contributed by atoms with van der Waals surface area (Å²) in [4.78, 5) is 9.54. The molecule has 94 valence electrons. The Morgan fingerprint density at radius 2 is 2.00 bits per heavy atom. The number of nitro groups is 1. The number of benzene rings is 1. The van der Waals surface area contributed by atoms with Crippen LogP contribution in [0.1, 0.15) is 17.5 Å². The molecule has 0 spiro atoms. The Bertz CT molecular complexity index is 419. The Morgan fingerprint density at radius 1 is 1.35 bits per heavy atom. The highest BCUT2D eigenvalue weighted by molar-refractivity contribution is 5.46. The lowest BCUT2D eigenvalue weighted by Gasteiger charge is -2.12. The highest BCUT2D eigenvalue weighted by Crippen LogP contribution is 2.33. The highest BCUT2D eigenvalue weighted by Gasteiger charge is 2.33. The zero-order valence-corrected chi connectivity index (χ0v) is 8.83. The van der Waals surface area contributed by atoms with Crippen LogP contribution in [-0.2, 0) is 12.6 Å². The predicted octanol–water partition coefficient (Wildman–Crippen LogP) is 2.50. The number of halogens is 3. The smallest absolute Gasteiger partial charge is 0.399 e. The van der Waals surface area contributed by atoms with Crippen molar-refractivity contribution in [2.24, 2.45) is 0 Å². The number of anilines is 1. The van der Waals surface area contributed by atoms with Gasteiger partial charge in [0.05, 0.1) is 5.56 Å². The second kappa shape index (κ2) is 5.03. The lowest BCUT2D eigenvalue weighted by Crippen LogP contribution is -2.11. The van der Waals surface area contributed by atoms with Crippen molar-refractivity contribution in [3.8, 4) is 0 Å². The molecule has 0 aliphatic heterocycles. The van der Waals surface area contributed by atoms with Crippen LogP contribution in [0.5, 0.6) is 0 Å². The third-order valence-corrected chi connectivity index (χ3v) is 2.23. The molecular formula is C10H11F3N2O2. The first kappa shape index (κ1) is 13.3. The van der Waals surface area contributed by atoms with E-state index in [1.54, 1.807) is 0 Å². The van der Waals surface area contributed by atoms with Gasteiger partial charge in [-0.05, 0) is 24.1 Å². The summed E-state index contributed by atoms with van der Waals surface area (Å²) >= 11 is 0. The van der Waals surface area contributed by atoms with Gasteiger partial charge in [0, 0.05) is 17.0 Å². The number of hydrogen-bond acceptors (Lipinski definition) is 3. The molecule has 1 aromatic rings. The van der Waals surface area contributed by atoms with Crippen molar-refractivity contribution in [2.75, 3.05) is 12.3 Å². The first-order valence-electron chi connectivity index (χ1n) is 4.88. The standard InChI is InChI=1S/C10H11F3N2O2/c11-10(12,13)9-6-8(14)4-3-7(9)2-1-5-15(16)17/h3-4,6H,1-2,5,14H2.